The molecule has 3 aromatic carbocycles. The zero-order valence-electron chi connectivity index (χ0n) is 18.6. The summed E-state index contributed by atoms with van der Waals surface area (Å²) in [6.45, 7) is -0.175. The zero-order valence-corrected chi connectivity index (χ0v) is 18.6. The highest BCUT2D eigenvalue weighted by Gasteiger charge is 2.13. The lowest BCUT2D eigenvalue weighted by Crippen LogP contribution is -2.20. The van der Waals surface area contributed by atoms with Crippen LogP contribution in [0.2, 0.25) is 0 Å². The first kappa shape index (κ1) is 22.0. The molecule has 0 spiro atoms. The Morgan fingerprint density at radius 1 is 0.818 bits per heavy atom. The van der Waals surface area contributed by atoms with Gasteiger partial charge in [0.25, 0.3) is 5.91 Å². The fraction of sp³-hybridized carbons (Fsp3) is 0.154. The molecule has 0 aliphatic rings. The van der Waals surface area contributed by atoms with Crippen molar-refractivity contribution in [2.45, 2.75) is 0 Å². The quantitative estimate of drug-likeness (QED) is 0.415. The number of nitrogens with zero attached hydrogens (tertiary/aromatic N) is 1. The minimum Gasteiger partial charge on any atom is -0.497 e. The van der Waals surface area contributed by atoms with E-state index >= 15 is 0 Å². The van der Waals surface area contributed by atoms with Crippen LogP contribution in [0.4, 0.5) is 5.69 Å². The average molecular weight is 444 g/mol. The van der Waals surface area contributed by atoms with Crippen molar-refractivity contribution in [1.82, 2.24) is 4.98 Å². The number of amides is 1. The van der Waals surface area contributed by atoms with Gasteiger partial charge in [0.05, 0.1) is 38.2 Å². The van der Waals surface area contributed by atoms with Crippen LogP contribution in [0.25, 0.3) is 22.2 Å². The summed E-state index contributed by atoms with van der Waals surface area (Å²) in [5.74, 6) is 2.16. The van der Waals surface area contributed by atoms with Crippen LogP contribution in [-0.4, -0.2) is 38.8 Å². The third-order valence-electron chi connectivity index (χ3n) is 5.11. The van der Waals surface area contributed by atoms with E-state index in [-0.39, 0.29) is 12.5 Å². The van der Waals surface area contributed by atoms with Gasteiger partial charge in [0.2, 0.25) is 0 Å². The SMILES string of the molecule is COc1ccc(-c2cc(OCC(=O)Nc3ccc(OC)cc3OC)c3ccccc3n2)cc1. The highest BCUT2D eigenvalue weighted by molar-refractivity contribution is 5.94. The van der Waals surface area contributed by atoms with Crippen LogP contribution in [-0.2, 0) is 4.79 Å². The number of para-hydroxylation sites is 1. The molecular weight excluding hydrogens is 420 g/mol. The molecule has 0 saturated carbocycles. The minimum atomic E-state index is -0.314. The Morgan fingerprint density at radius 3 is 2.27 bits per heavy atom. The maximum Gasteiger partial charge on any atom is 0.262 e. The molecule has 0 aliphatic heterocycles. The molecular formula is C26H24N2O5. The van der Waals surface area contributed by atoms with Crippen molar-refractivity contribution in [3.05, 3.63) is 72.8 Å². The van der Waals surface area contributed by atoms with Gasteiger partial charge in [0.1, 0.15) is 23.0 Å². The second-order valence-electron chi connectivity index (χ2n) is 7.15. The van der Waals surface area contributed by atoms with Gasteiger partial charge in [-0.3, -0.25) is 4.79 Å². The summed E-state index contributed by atoms with van der Waals surface area (Å²) >= 11 is 0. The van der Waals surface area contributed by atoms with Gasteiger partial charge >= 0.3 is 0 Å². The van der Waals surface area contributed by atoms with Gasteiger partial charge < -0.3 is 24.3 Å². The van der Waals surface area contributed by atoms with Gasteiger partial charge in [0.15, 0.2) is 6.61 Å². The summed E-state index contributed by atoms with van der Waals surface area (Å²) in [5.41, 5.74) is 2.96. The molecule has 4 aromatic rings. The maximum absolute atomic E-state index is 12.6. The summed E-state index contributed by atoms with van der Waals surface area (Å²) in [4.78, 5) is 17.4. The van der Waals surface area contributed by atoms with Crippen LogP contribution in [0.15, 0.2) is 72.8 Å². The summed E-state index contributed by atoms with van der Waals surface area (Å²) in [5, 5.41) is 3.64. The number of ether oxygens (including phenoxy) is 4. The number of anilines is 1. The molecule has 0 radical (unpaired) electrons. The fourth-order valence-electron chi connectivity index (χ4n) is 3.40. The number of rotatable bonds is 8. The van der Waals surface area contributed by atoms with Crippen molar-refractivity contribution < 1.29 is 23.7 Å². The maximum atomic E-state index is 12.6. The Hall–Kier alpha value is -4.26. The number of carbonyl (C=O) groups excluding carboxylic acids is 1. The van der Waals surface area contributed by atoms with Crippen LogP contribution in [0.5, 0.6) is 23.0 Å². The highest BCUT2D eigenvalue weighted by atomic mass is 16.5. The molecule has 7 nitrogen and oxygen atoms in total. The van der Waals surface area contributed by atoms with Crippen LogP contribution in [0.1, 0.15) is 0 Å². The fourth-order valence-corrected chi connectivity index (χ4v) is 3.40. The number of pyridine rings is 1. The topological polar surface area (TPSA) is 78.9 Å². The second kappa shape index (κ2) is 9.91. The molecule has 1 aromatic heterocycles. The van der Waals surface area contributed by atoms with Crippen molar-refractivity contribution in [3.8, 4) is 34.3 Å². The lowest BCUT2D eigenvalue weighted by atomic mass is 10.1. The van der Waals surface area contributed by atoms with Gasteiger partial charge in [-0.1, -0.05) is 12.1 Å². The van der Waals surface area contributed by atoms with Gasteiger partial charge in [0, 0.05) is 23.1 Å². The number of aromatic nitrogens is 1. The molecule has 0 fully saturated rings. The van der Waals surface area contributed by atoms with E-state index in [2.05, 4.69) is 5.32 Å². The van der Waals surface area contributed by atoms with Crippen LogP contribution in [0.3, 0.4) is 0 Å². The predicted molar refractivity (Wildman–Crippen MR) is 127 cm³/mol. The molecule has 7 heteroatoms. The summed E-state index contributed by atoms with van der Waals surface area (Å²) < 4.78 is 21.7. The molecule has 33 heavy (non-hydrogen) atoms. The first-order valence-corrected chi connectivity index (χ1v) is 10.3. The minimum absolute atomic E-state index is 0.175. The molecule has 0 unspecified atom stereocenters. The first-order chi connectivity index (χ1) is 16.1. The number of hydrogen-bond acceptors (Lipinski definition) is 6. The van der Waals surface area contributed by atoms with E-state index in [1.165, 1.54) is 7.11 Å². The Bertz CT molecular complexity index is 1270. The van der Waals surface area contributed by atoms with Gasteiger partial charge in [-0.2, -0.15) is 0 Å². The number of hydrogen-bond donors (Lipinski definition) is 1. The molecule has 4 rings (SSSR count). The van der Waals surface area contributed by atoms with Crippen molar-refractivity contribution >= 4 is 22.5 Å². The Labute approximate surface area is 191 Å². The number of fused-ring (bicyclic) bond motifs is 1. The molecule has 0 saturated heterocycles. The average Bonchev–Trinajstić information content (AvgIpc) is 2.87. The van der Waals surface area contributed by atoms with Crippen LogP contribution >= 0.6 is 0 Å². The number of benzene rings is 3. The molecule has 0 bridgehead atoms. The van der Waals surface area contributed by atoms with Crippen LogP contribution in [0, 0.1) is 0 Å². The van der Waals surface area contributed by atoms with E-state index in [0.717, 1.165) is 27.9 Å². The second-order valence-corrected chi connectivity index (χ2v) is 7.15. The molecule has 0 atom stereocenters. The highest BCUT2D eigenvalue weighted by Crippen LogP contribution is 2.31. The van der Waals surface area contributed by atoms with Gasteiger partial charge in [-0.15, -0.1) is 0 Å². The van der Waals surface area contributed by atoms with Gasteiger partial charge in [-0.05, 0) is 48.5 Å². The smallest absolute Gasteiger partial charge is 0.262 e. The van der Waals surface area contributed by atoms with Gasteiger partial charge in [-0.25, -0.2) is 4.98 Å². The standard InChI is InChI=1S/C26H24N2O5/c1-30-18-10-8-17(9-11-18)23-15-24(20-6-4-5-7-21(20)27-23)33-16-26(29)28-22-13-12-19(31-2)14-25(22)32-3/h4-15H,16H2,1-3H3,(H,28,29). The Morgan fingerprint density at radius 2 is 1.55 bits per heavy atom. The van der Waals surface area contributed by atoms with E-state index in [0.29, 0.717) is 22.9 Å². The molecule has 168 valence electrons. The van der Waals surface area contributed by atoms with E-state index in [9.17, 15) is 4.79 Å². The first-order valence-electron chi connectivity index (χ1n) is 10.3. The van der Waals surface area contributed by atoms with Crippen molar-refractivity contribution in [3.63, 3.8) is 0 Å². The number of methoxy groups -OCH3 is 3. The third-order valence-corrected chi connectivity index (χ3v) is 5.11. The lowest BCUT2D eigenvalue weighted by molar-refractivity contribution is -0.118. The third kappa shape index (κ3) is 4.98. The number of nitrogens with one attached hydrogen (secondary N) is 1. The zero-order chi connectivity index (χ0) is 23.2. The summed E-state index contributed by atoms with van der Waals surface area (Å²) in [7, 11) is 4.73. The molecule has 1 amide bonds. The van der Waals surface area contributed by atoms with Crippen LogP contribution < -0.4 is 24.3 Å². The summed E-state index contributed by atoms with van der Waals surface area (Å²) in [6.07, 6.45) is 0. The lowest BCUT2D eigenvalue weighted by Gasteiger charge is -2.14. The number of carbonyl (C=O) groups is 1. The van der Waals surface area contributed by atoms with Crippen molar-refractivity contribution in [2.75, 3.05) is 33.3 Å². The largest absolute Gasteiger partial charge is 0.497 e. The molecule has 0 aliphatic carbocycles. The van der Waals surface area contributed by atoms with E-state index in [4.69, 9.17) is 23.9 Å². The van der Waals surface area contributed by atoms with E-state index in [1.807, 2.05) is 54.6 Å². The Balaban J connectivity index is 1.56. The van der Waals surface area contributed by atoms with E-state index in [1.54, 1.807) is 32.4 Å². The molecule has 1 heterocycles. The van der Waals surface area contributed by atoms with Crippen molar-refractivity contribution in [2.24, 2.45) is 0 Å². The normalized spacial score (nSPS) is 10.5. The molecule has 1 N–H and O–H groups in total. The predicted octanol–water partition coefficient (Wildman–Crippen LogP) is 4.95. The monoisotopic (exact) mass is 444 g/mol. The van der Waals surface area contributed by atoms with E-state index < -0.39 is 0 Å². The summed E-state index contributed by atoms with van der Waals surface area (Å²) in [6, 6.07) is 22.3. The Kier molecular flexibility index (Phi) is 6.59. The van der Waals surface area contributed by atoms with Crippen molar-refractivity contribution in [1.29, 1.82) is 0 Å².